The predicted molar refractivity (Wildman–Crippen MR) is 100 cm³/mol. The Hall–Kier alpha value is -1.42. The number of carbonyl (C=O) groups is 1. The highest BCUT2D eigenvalue weighted by Gasteiger charge is 2.39. The highest BCUT2D eigenvalue weighted by molar-refractivity contribution is 7.98. The van der Waals surface area contributed by atoms with Crippen LogP contribution in [0.25, 0.3) is 5.57 Å². The summed E-state index contributed by atoms with van der Waals surface area (Å²) in [5.41, 5.74) is 2.23. The van der Waals surface area contributed by atoms with Gasteiger partial charge in [-0.05, 0) is 76.0 Å². The van der Waals surface area contributed by atoms with Crippen LogP contribution in [0.1, 0.15) is 52.0 Å². The van der Waals surface area contributed by atoms with Gasteiger partial charge in [0.2, 0.25) is 0 Å². The Morgan fingerprint density at radius 1 is 1.29 bits per heavy atom. The van der Waals surface area contributed by atoms with Crippen molar-refractivity contribution in [1.82, 2.24) is 4.90 Å². The highest BCUT2D eigenvalue weighted by Crippen LogP contribution is 2.38. The van der Waals surface area contributed by atoms with Gasteiger partial charge in [0.05, 0.1) is 6.04 Å². The van der Waals surface area contributed by atoms with E-state index in [2.05, 4.69) is 36.6 Å². The zero-order chi connectivity index (χ0) is 17.3. The number of piperidine rings is 1. The van der Waals surface area contributed by atoms with E-state index in [9.17, 15) is 4.79 Å². The molecule has 1 amide bonds. The van der Waals surface area contributed by atoms with Crippen LogP contribution in [0.5, 0.6) is 0 Å². The Morgan fingerprint density at radius 2 is 2.08 bits per heavy atom. The van der Waals surface area contributed by atoms with Crippen molar-refractivity contribution in [1.29, 1.82) is 0 Å². The maximum absolute atomic E-state index is 12.6. The third-order valence-corrected chi connectivity index (χ3v) is 5.41. The highest BCUT2D eigenvalue weighted by atomic mass is 32.2. The van der Waals surface area contributed by atoms with Crippen LogP contribution in [0.2, 0.25) is 0 Å². The maximum Gasteiger partial charge on any atom is 0.411 e. The van der Waals surface area contributed by atoms with E-state index in [-0.39, 0.29) is 18.2 Å². The number of fused-ring (bicyclic) bond motifs is 2. The molecule has 2 atom stereocenters. The minimum atomic E-state index is -0.442. The lowest BCUT2D eigenvalue weighted by molar-refractivity contribution is 0.0000855. The third-order valence-electron chi connectivity index (χ3n) is 4.68. The van der Waals surface area contributed by atoms with Gasteiger partial charge in [0.1, 0.15) is 5.60 Å². The lowest BCUT2D eigenvalue weighted by Crippen LogP contribution is -2.53. The smallest absolute Gasteiger partial charge is 0.411 e. The van der Waals surface area contributed by atoms with Crippen molar-refractivity contribution >= 4 is 23.4 Å². The minimum absolute atomic E-state index is 0.162. The average Bonchev–Trinajstić information content (AvgIpc) is 2.52. The molecule has 0 aromatic heterocycles. The van der Waals surface area contributed by atoms with Crippen LogP contribution in [-0.4, -0.2) is 34.9 Å². The molecule has 130 valence electrons. The summed E-state index contributed by atoms with van der Waals surface area (Å²) in [6.45, 7) is 5.79. The molecule has 3 rings (SSSR count). The molecular formula is C20H27NO2S. The summed E-state index contributed by atoms with van der Waals surface area (Å²) in [6.07, 6.45) is 8.44. The molecule has 24 heavy (non-hydrogen) atoms. The number of benzene rings is 1. The van der Waals surface area contributed by atoms with Gasteiger partial charge in [0.15, 0.2) is 0 Å². The molecule has 0 saturated carbocycles. The Labute approximate surface area is 149 Å². The van der Waals surface area contributed by atoms with Crippen LogP contribution >= 0.6 is 11.8 Å². The van der Waals surface area contributed by atoms with Crippen molar-refractivity contribution in [2.75, 3.05) is 6.26 Å². The fraction of sp³-hybridized carbons (Fsp3) is 0.550. The van der Waals surface area contributed by atoms with Crippen molar-refractivity contribution in [3.63, 3.8) is 0 Å². The molecule has 4 heteroatoms. The first-order valence-corrected chi connectivity index (χ1v) is 9.96. The molecule has 0 aliphatic carbocycles. The number of rotatable bonds is 2. The Balaban J connectivity index is 1.85. The molecule has 1 fully saturated rings. The number of carbonyl (C=O) groups excluding carboxylic acids is 1. The number of hydrogen-bond donors (Lipinski definition) is 0. The van der Waals surface area contributed by atoms with Crippen LogP contribution in [0.3, 0.4) is 0 Å². The fourth-order valence-electron chi connectivity index (χ4n) is 3.67. The van der Waals surface area contributed by atoms with E-state index < -0.39 is 5.60 Å². The Kier molecular flexibility index (Phi) is 4.95. The molecule has 2 bridgehead atoms. The minimum Gasteiger partial charge on any atom is -0.444 e. The predicted octanol–water partition coefficient (Wildman–Crippen LogP) is 5.35. The molecule has 2 aliphatic rings. The number of nitrogens with zero attached hydrogens (tertiary/aromatic N) is 1. The molecule has 1 aromatic carbocycles. The summed E-state index contributed by atoms with van der Waals surface area (Å²) in [6, 6.07) is 9.14. The lowest BCUT2D eigenvalue weighted by Gasteiger charge is -2.45. The maximum atomic E-state index is 12.6. The molecule has 1 aromatic rings. The molecule has 3 nitrogen and oxygen atoms in total. The Morgan fingerprint density at radius 3 is 2.75 bits per heavy atom. The summed E-state index contributed by atoms with van der Waals surface area (Å²) in [5.74, 6) is 0. The van der Waals surface area contributed by atoms with Gasteiger partial charge in [-0.3, -0.25) is 4.90 Å². The molecule has 2 unspecified atom stereocenters. The Bertz CT molecular complexity index is 647. The SMILES string of the molecule is CSc1cccc(C2=CC3CCCC(C2)N3C(=O)OC(C)(C)C)c1. The van der Waals surface area contributed by atoms with Gasteiger partial charge in [-0.2, -0.15) is 0 Å². The topological polar surface area (TPSA) is 29.5 Å². The van der Waals surface area contributed by atoms with E-state index in [0.717, 1.165) is 19.3 Å². The van der Waals surface area contributed by atoms with Crippen molar-refractivity contribution in [3.05, 3.63) is 35.9 Å². The van der Waals surface area contributed by atoms with E-state index >= 15 is 0 Å². The summed E-state index contributed by atoms with van der Waals surface area (Å²) in [5, 5.41) is 0. The van der Waals surface area contributed by atoms with Crippen LogP contribution in [0.4, 0.5) is 4.79 Å². The fourth-order valence-corrected chi connectivity index (χ4v) is 4.13. The monoisotopic (exact) mass is 345 g/mol. The number of hydrogen-bond acceptors (Lipinski definition) is 3. The van der Waals surface area contributed by atoms with Gasteiger partial charge in [-0.15, -0.1) is 11.8 Å². The van der Waals surface area contributed by atoms with Gasteiger partial charge >= 0.3 is 6.09 Å². The average molecular weight is 346 g/mol. The third kappa shape index (κ3) is 3.80. The standard InChI is InChI=1S/C20H27NO2S/c1-20(2,3)23-19(22)21-16-8-6-9-17(21)12-15(11-16)14-7-5-10-18(13-14)24-4/h5,7,10-11,13,16-17H,6,8-9,12H2,1-4H3. The number of ether oxygens (including phenoxy) is 1. The summed E-state index contributed by atoms with van der Waals surface area (Å²) in [4.78, 5) is 15.9. The van der Waals surface area contributed by atoms with E-state index in [1.54, 1.807) is 11.8 Å². The van der Waals surface area contributed by atoms with Gasteiger partial charge in [-0.1, -0.05) is 18.2 Å². The van der Waals surface area contributed by atoms with Crippen molar-refractivity contribution in [3.8, 4) is 0 Å². The largest absolute Gasteiger partial charge is 0.444 e. The quantitative estimate of drug-likeness (QED) is 0.676. The second-order valence-corrected chi connectivity index (χ2v) is 8.55. The van der Waals surface area contributed by atoms with Gasteiger partial charge in [-0.25, -0.2) is 4.79 Å². The van der Waals surface area contributed by atoms with Crippen LogP contribution < -0.4 is 0 Å². The zero-order valence-electron chi connectivity index (χ0n) is 15.0. The molecule has 2 aliphatic heterocycles. The van der Waals surface area contributed by atoms with Gasteiger partial charge in [0.25, 0.3) is 0 Å². The van der Waals surface area contributed by atoms with Gasteiger partial charge < -0.3 is 4.74 Å². The van der Waals surface area contributed by atoms with E-state index in [0.29, 0.717) is 0 Å². The number of thioether (sulfide) groups is 1. The summed E-state index contributed by atoms with van der Waals surface area (Å²) >= 11 is 1.77. The zero-order valence-corrected chi connectivity index (χ0v) is 15.9. The van der Waals surface area contributed by atoms with Crippen molar-refractivity contribution in [2.24, 2.45) is 0 Å². The summed E-state index contributed by atoms with van der Waals surface area (Å²) in [7, 11) is 0. The molecular weight excluding hydrogens is 318 g/mol. The first-order chi connectivity index (χ1) is 11.4. The second kappa shape index (κ2) is 6.83. The first-order valence-electron chi connectivity index (χ1n) is 8.74. The molecule has 0 radical (unpaired) electrons. The van der Waals surface area contributed by atoms with E-state index in [4.69, 9.17) is 4.74 Å². The van der Waals surface area contributed by atoms with Crippen molar-refractivity contribution < 1.29 is 9.53 Å². The van der Waals surface area contributed by atoms with Crippen molar-refractivity contribution in [2.45, 2.75) is 69.0 Å². The van der Waals surface area contributed by atoms with Crippen LogP contribution in [0, 0.1) is 0 Å². The molecule has 1 saturated heterocycles. The van der Waals surface area contributed by atoms with Crippen LogP contribution in [0.15, 0.2) is 35.2 Å². The molecule has 0 spiro atoms. The van der Waals surface area contributed by atoms with E-state index in [1.807, 2.05) is 25.7 Å². The number of amides is 1. The van der Waals surface area contributed by atoms with E-state index in [1.165, 1.54) is 22.5 Å². The molecule has 0 N–H and O–H groups in total. The second-order valence-electron chi connectivity index (χ2n) is 7.67. The van der Waals surface area contributed by atoms with Crippen LogP contribution in [-0.2, 0) is 4.74 Å². The molecule has 2 heterocycles. The normalized spacial score (nSPS) is 23.7. The summed E-state index contributed by atoms with van der Waals surface area (Å²) < 4.78 is 5.65. The lowest BCUT2D eigenvalue weighted by atomic mass is 9.83. The first kappa shape index (κ1) is 17.4. The van der Waals surface area contributed by atoms with Gasteiger partial charge in [0, 0.05) is 10.9 Å².